The highest BCUT2D eigenvalue weighted by molar-refractivity contribution is 6.10. The molecular weight excluding hydrogens is 474 g/mol. The lowest BCUT2D eigenvalue weighted by atomic mass is 9.99. The molecule has 2 aromatic carbocycles. The van der Waals surface area contributed by atoms with Crippen LogP contribution >= 0.6 is 0 Å². The van der Waals surface area contributed by atoms with Crippen molar-refractivity contribution in [2.75, 3.05) is 58.2 Å². The first-order chi connectivity index (χ1) is 18.4. The number of aryl methyl sites for hydroxylation is 4. The molecule has 8 nitrogen and oxygen atoms in total. The van der Waals surface area contributed by atoms with Gasteiger partial charge in [-0.3, -0.25) is 14.6 Å². The number of ether oxygens (including phenoxy) is 1. The monoisotopic (exact) mass is 515 g/mol. The van der Waals surface area contributed by atoms with Crippen molar-refractivity contribution in [1.82, 2.24) is 14.5 Å². The molecule has 4 rings (SSSR count). The van der Waals surface area contributed by atoms with E-state index in [0.717, 1.165) is 61.4 Å². The van der Waals surface area contributed by atoms with Crippen LogP contribution < -0.4 is 15.0 Å². The number of nitrogens with zero attached hydrogens (tertiary/aromatic N) is 6. The van der Waals surface area contributed by atoms with Gasteiger partial charge in [-0.1, -0.05) is 6.92 Å². The second-order valence-corrected chi connectivity index (χ2v) is 10.1. The molecule has 202 valence electrons. The van der Waals surface area contributed by atoms with Crippen molar-refractivity contribution in [3.63, 3.8) is 0 Å². The van der Waals surface area contributed by atoms with E-state index in [2.05, 4.69) is 90.6 Å². The molecule has 0 radical (unpaired) electrons. The zero-order valence-electron chi connectivity index (χ0n) is 23.7. The highest BCUT2D eigenvalue weighted by atomic mass is 16.5. The van der Waals surface area contributed by atoms with E-state index in [1.54, 1.807) is 13.3 Å². The van der Waals surface area contributed by atoms with Crippen molar-refractivity contribution in [3.8, 4) is 6.01 Å². The van der Waals surface area contributed by atoms with Gasteiger partial charge in [-0.05, 0) is 94.0 Å². The molecule has 0 unspecified atom stereocenters. The number of methoxy groups -OCH3 is 1. The lowest BCUT2D eigenvalue weighted by molar-refractivity contribution is 0.356. The van der Waals surface area contributed by atoms with Crippen LogP contribution in [-0.2, 0) is 19.4 Å². The number of hydrogen-bond acceptors (Lipinski definition) is 7. The van der Waals surface area contributed by atoms with Crippen LogP contribution in [0.15, 0.2) is 46.5 Å². The first-order valence-electron chi connectivity index (χ1n) is 13.3. The number of aliphatic imine (C=N–C) groups is 2. The first kappa shape index (κ1) is 27.4. The van der Waals surface area contributed by atoms with E-state index in [-0.39, 0.29) is 0 Å². The summed E-state index contributed by atoms with van der Waals surface area (Å²) in [6.07, 6.45) is 6.62. The maximum absolute atomic E-state index is 5.54. The highest BCUT2D eigenvalue weighted by Gasteiger charge is 2.20. The molecule has 38 heavy (non-hydrogen) atoms. The molecule has 0 bridgehead atoms. The van der Waals surface area contributed by atoms with Gasteiger partial charge in [-0.15, -0.1) is 0 Å². The number of rotatable bonds is 12. The molecule has 0 spiro atoms. The molecule has 1 aromatic heterocycles. The summed E-state index contributed by atoms with van der Waals surface area (Å²) < 4.78 is 7.71. The summed E-state index contributed by atoms with van der Waals surface area (Å²) in [6.45, 7) is 11.4. The summed E-state index contributed by atoms with van der Waals surface area (Å²) >= 11 is 0. The molecule has 1 N–H and O–H groups in total. The van der Waals surface area contributed by atoms with Crippen LogP contribution in [0, 0.1) is 6.92 Å². The number of allylic oxidation sites excluding steroid dienone is 1. The van der Waals surface area contributed by atoms with Crippen LogP contribution in [0.1, 0.15) is 35.6 Å². The van der Waals surface area contributed by atoms with Crippen LogP contribution in [0.2, 0.25) is 0 Å². The van der Waals surface area contributed by atoms with E-state index in [1.165, 1.54) is 27.9 Å². The van der Waals surface area contributed by atoms with Crippen molar-refractivity contribution < 1.29 is 4.74 Å². The number of likely N-dealkylation sites (N-methyl/N-ethyl adjacent to an activating group) is 2. The van der Waals surface area contributed by atoms with Crippen molar-refractivity contribution in [3.05, 3.63) is 58.8 Å². The Hall–Kier alpha value is -3.65. The van der Waals surface area contributed by atoms with E-state index < -0.39 is 0 Å². The Kier molecular flexibility index (Phi) is 8.84. The number of anilines is 2. The van der Waals surface area contributed by atoms with Crippen LogP contribution in [0.5, 0.6) is 6.01 Å². The molecule has 0 saturated heterocycles. The standard InChI is InChI=1S/C30H41N7O/c1-8-22-19-28(36(6)15-14-35(4)5)21(2)16-26(22)33-20-32-25(11-12-31-3)24-17-23-10-9-13-37-29(23)27(18-24)34-30(37)38-7/h11-12,16-19,33H,3,8-10,13-15,20H2,1-2,4-7H3/b12-11-,32-25?. The van der Waals surface area contributed by atoms with Crippen molar-refractivity contribution in [2.24, 2.45) is 9.98 Å². The minimum atomic E-state index is 0.449. The summed E-state index contributed by atoms with van der Waals surface area (Å²) in [5.74, 6) is 0. The molecule has 8 heteroatoms. The Labute approximate surface area is 226 Å². The minimum absolute atomic E-state index is 0.449. The highest BCUT2D eigenvalue weighted by Crippen LogP contribution is 2.31. The smallest absolute Gasteiger partial charge is 0.297 e. The third kappa shape index (κ3) is 5.91. The fourth-order valence-electron chi connectivity index (χ4n) is 5.12. The molecule has 0 atom stereocenters. The van der Waals surface area contributed by atoms with Gasteiger partial charge >= 0.3 is 0 Å². The fourth-order valence-corrected chi connectivity index (χ4v) is 5.12. The molecule has 2 heterocycles. The van der Waals surface area contributed by atoms with E-state index in [4.69, 9.17) is 14.7 Å². The molecular formula is C30H41N7O. The fraction of sp³-hybridized carbons (Fsp3) is 0.433. The third-order valence-electron chi connectivity index (χ3n) is 7.15. The van der Waals surface area contributed by atoms with Gasteiger partial charge in [-0.2, -0.15) is 4.98 Å². The van der Waals surface area contributed by atoms with E-state index in [9.17, 15) is 0 Å². The van der Waals surface area contributed by atoms with E-state index >= 15 is 0 Å². The van der Waals surface area contributed by atoms with Crippen molar-refractivity contribution in [1.29, 1.82) is 0 Å². The third-order valence-corrected chi connectivity index (χ3v) is 7.15. The number of nitrogens with one attached hydrogen (secondary N) is 1. The molecule has 0 saturated carbocycles. The summed E-state index contributed by atoms with van der Waals surface area (Å²) in [4.78, 5) is 18.1. The van der Waals surface area contributed by atoms with Gasteiger partial charge in [-0.25, -0.2) is 0 Å². The Bertz CT molecular complexity index is 1350. The number of hydrogen-bond donors (Lipinski definition) is 1. The zero-order valence-corrected chi connectivity index (χ0v) is 23.7. The predicted octanol–water partition coefficient (Wildman–Crippen LogP) is 4.93. The Morgan fingerprint density at radius 2 is 2.03 bits per heavy atom. The van der Waals surface area contributed by atoms with Gasteiger partial charge in [0.25, 0.3) is 6.01 Å². The molecule has 3 aromatic rings. The topological polar surface area (TPSA) is 70.3 Å². The van der Waals surface area contributed by atoms with Crippen molar-refractivity contribution >= 4 is 34.8 Å². The molecule has 0 fully saturated rings. The van der Waals surface area contributed by atoms with Crippen LogP contribution in [0.4, 0.5) is 11.4 Å². The van der Waals surface area contributed by atoms with Gasteiger partial charge in [0, 0.05) is 49.8 Å². The number of imidazole rings is 1. The molecule has 1 aliphatic heterocycles. The zero-order chi connectivity index (χ0) is 27.2. The summed E-state index contributed by atoms with van der Waals surface area (Å²) in [6, 6.07) is 9.54. The van der Waals surface area contributed by atoms with Gasteiger partial charge < -0.3 is 19.9 Å². The largest absolute Gasteiger partial charge is 0.468 e. The molecule has 0 amide bonds. The Morgan fingerprint density at radius 1 is 1.21 bits per heavy atom. The first-order valence-corrected chi connectivity index (χ1v) is 13.3. The van der Waals surface area contributed by atoms with Crippen LogP contribution in [0.25, 0.3) is 11.0 Å². The van der Waals surface area contributed by atoms with Crippen LogP contribution in [-0.4, -0.2) is 74.9 Å². The lowest BCUT2D eigenvalue weighted by Gasteiger charge is -2.25. The maximum Gasteiger partial charge on any atom is 0.297 e. The van der Waals surface area contributed by atoms with Gasteiger partial charge in [0.15, 0.2) is 0 Å². The van der Waals surface area contributed by atoms with Crippen LogP contribution in [0.3, 0.4) is 0 Å². The number of aromatic nitrogens is 2. The average Bonchev–Trinajstić information content (AvgIpc) is 3.28. The molecule has 1 aliphatic rings. The van der Waals surface area contributed by atoms with E-state index in [0.29, 0.717) is 12.7 Å². The molecule has 0 aliphatic carbocycles. The second-order valence-electron chi connectivity index (χ2n) is 10.1. The lowest BCUT2D eigenvalue weighted by Crippen LogP contribution is -2.29. The normalized spacial score (nSPS) is 13.5. The SMILES string of the molecule is C=N/C=C\C(=NCNc1cc(C)c(N(C)CCN(C)C)cc1CC)c1cc2c3c(c1)nc(OC)n3CCC2. The summed E-state index contributed by atoms with van der Waals surface area (Å²) in [7, 11) is 8.06. The summed E-state index contributed by atoms with van der Waals surface area (Å²) in [5, 5.41) is 3.56. The second kappa shape index (κ2) is 12.3. The quantitative estimate of drug-likeness (QED) is 0.346. The Balaban J connectivity index is 1.60. The van der Waals surface area contributed by atoms with Gasteiger partial charge in [0.2, 0.25) is 0 Å². The van der Waals surface area contributed by atoms with Gasteiger partial charge in [0.05, 0.1) is 23.9 Å². The Morgan fingerprint density at radius 3 is 2.74 bits per heavy atom. The minimum Gasteiger partial charge on any atom is -0.468 e. The maximum atomic E-state index is 5.54. The van der Waals surface area contributed by atoms with E-state index in [1.807, 2.05) is 6.08 Å². The summed E-state index contributed by atoms with van der Waals surface area (Å²) in [5.41, 5.74) is 10.2. The average molecular weight is 516 g/mol. The predicted molar refractivity (Wildman–Crippen MR) is 161 cm³/mol. The van der Waals surface area contributed by atoms with Crippen molar-refractivity contribution in [2.45, 2.75) is 39.7 Å². The number of benzene rings is 2. The van der Waals surface area contributed by atoms with Gasteiger partial charge in [0.1, 0.15) is 6.67 Å².